The quantitative estimate of drug-likeness (QED) is 0.210. The standard InChI is InChI=1S/C15H28O10/c16-4-8-12(19)11(18)7(24-8)2-1-3-23-6-10-14(21)15(22)13(20)9(5-17)25-10/h7-22H,1-6H2/t7-,8-,9?,10-,11?,12+,13-,14?,15-/m1/s1. The first-order valence-corrected chi connectivity index (χ1v) is 8.41. The molecule has 10 nitrogen and oxygen atoms in total. The van der Waals surface area contributed by atoms with Crippen molar-refractivity contribution in [1.82, 2.24) is 0 Å². The minimum absolute atomic E-state index is 0.0442. The summed E-state index contributed by atoms with van der Waals surface area (Å²) in [6.07, 6.45) is -8.70. The largest absolute Gasteiger partial charge is 0.394 e. The van der Waals surface area contributed by atoms with E-state index in [9.17, 15) is 25.5 Å². The highest BCUT2D eigenvalue weighted by Crippen LogP contribution is 2.25. The zero-order valence-electron chi connectivity index (χ0n) is 13.8. The van der Waals surface area contributed by atoms with Gasteiger partial charge in [0.25, 0.3) is 0 Å². The summed E-state index contributed by atoms with van der Waals surface area (Å²) in [6, 6.07) is 0. The van der Waals surface area contributed by atoms with Gasteiger partial charge >= 0.3 is 0 Å². The lowest BCUT2D eigenvalue weighted by Crippen LogP contribution is -2.59. The Labute approximate surface area is 145 Å². The first kappa shape index (κ1) is 20.9. The van der Waals surface area contributed by atoms with Crippen molar-refractivity contribution >= 4 is 0 Å². The zero-order chi connectivity index (χ0) is 18.6. The Morgan fingerprint density at radius 3 is 1.72 bits per heavy atom. The summed E-state index contributed by atoms with van der Waals surface area (Å²) < 4.78 is 16.0. The van der Waals surface area contributed by atoms with Crippen LogP contribution in [0.15, 0.2) is 0 Å². The molecule has 25 heavy (non-hydrogen) atoms. The van der Waals surface area contributed by atoms with Crippen LogP contribution in [0.3, 0.4) is 0 Å². The molecule has 2 fully saturated rings. The van der Waals surface area contributed by atoms with Gasteiger partial charge in [-0.3, -0.25) is 0 Å². The molecule has 2 aliphatic rings. The number of hydrogen-bond donors (Lipinski definition) is 7. The molecule has 0 spiro atoms. The fraction of sp³-hybridized carbons (Fsp3) is 1.00. The Hall–Kier alpha value is -0.400. The van der Waals surface area contributed by atoms with Crippen LogP contribution in [0.4, 0.5) is 0 Å². The molecule has 2 rings (SSSR count). The summed E-state index contributed by atoms with van der Waals surface area (Å²) in [7, 11) is 0. The summed E-state index contributed by atoms with van der Waals surface area (Å²) in [5.74, 6) is 0. The maximum Gasteiger partial charge on any atom is 0.111 e. The maximum atomic E-state index is 9.87. The van der Waals surface area contributed by atoms with E-state index in [0.717, 1.165) is 0 Å². The second kappa shape index (κ2) is 9.51. The van der Waals surface area contributed by atoms with Crippen LogP contribution in [0.2, 0.25) is 0 Å². The Balaban J connectivity index is 1.67. The van der Waals surface area contributed by atoms with Gasteiger partial charge in [-0.15, -0.1) is 0 Å². The average molecular weight is 368 g/mol. The molecule has 148 valence electrons. The van der Waals surface area contributed by atoms with Gasteiger partial charge in [0.1, 0.15) is 48.8 Å². The molecule has 0 aliphatic carbocycles. The predicted octanol–water partition coefficient (Wildman–Crippen LogP) is -3.89. The second-order valence-corrected chi connectivity index (χ2v) is 6.46. The molecule has 3 unspecified atom stereocenters. The van der Waals surface area contributed by atoms with Crippen molar-refractivity contribution in [3.05, 3.63) is 0 Å². The third-order valence-electron chi connectivity index (χ3n) is 4.69. The summed E-state index contributed by atoms with van der Waals surface area (Å²) in [6.45, 7) is -0.659. The molecule has 10 heteroatoms. The van der Waals surface area contributed by atoms with E-state index in [0.29, 0.717) is 12.8 Å². The van der Waals surface area contributed by atoms with Gasteiger partial charge in [-0.2, -0.15) is 0 Å². The maximum absolute atomic E-state index is 9.87. The van der Waals surface area contributed by atoms with Crippen LogP contribution in [-0.2, 0) is 14.2 Å². The Morgan fingerprint density at radius 1 is 0.640 bits per heavy atom. The monoisotopic (exact) mass is 368 g/mol. The van der Waals surface area contributed by atoms with Crippen molar-refractivity contribution in [2.24, 2.45) is 0 Å². The van der Waals surface area contributed by atoms with Crippen LogP contribution in [0, 0.1) is 0 Å². The number of rotatable bonds is 8. The van der Waals surface area contributed by atoms with Gasteiger partial charge in [-0.25, -0.2) is 0 Å². The van der Waals surface area contributed by atoms with Gasteiger partial charge in [0.15, 0.2) is 0 Å². The molecule has 0 bridgehead atoms. The fourth-order valence-electron chi connectivity index (χ4n) is 3.12. The van der Waals surface area contributed by atoms with Crippen molar-refractivity contribution in [1.29, 1.82) is 0 Å². The zero-order valence-corrected chi connectivity index (χ0v) is 13.8. The normalized spacial score (nSPS) is 45.0. The molecule has 0 aromatic carbocycles. The van der Waals surface area contributed by atoms with Crippen LogP contribution in [-0.4, -0.2) is 117 Å². The van der Waals surface area contributed by atoms with Gasteiger partial charge in [0.2, 0.25) is 0 Å². The van der Waals surface area contributed by atoms with Crippen molar-refractivity contribution in [2.75, 3.05) is 26.4 Å². The molecule has 0 aromatic heterocycles. The van der Waals surface area contributed by atoms with E-state index in [1.54, 1.807) is 0 Å². The Morgan fingerprint density at radius 2 is 1.12 bits per heavy atom. The van der Waals surface area contributed by atoms with Crippen molar-refractivity contribution < 1.29 is 50.0 Å². The van der Waals surface area contributed by atoms with Gasteiger partial charge in [-0.05, 0) is 12.8 Å². The minimum Gasteiger partial charge on any atom is -0.394 e. The van der Waals surface area contributed by atoms with Gasteiger partial charge in [0, 0.05) is 6.61 Å². The molecule has 9 atom stereocenters. The van der Waals surface area contributed by atoms with Crippen LogP contribution >= 0.6 is 0 Å². The molecule has 2 aliphatic heterocycles. The highest BCUT2D eigenvalue weighted by atomic mass is 16.6. The summed E-state index contributed by atoms with van der Waals surface area (Å²) in [5, 5.41) is 66.8. The highest BCUT2D eigenvalue weighted by Gasteiger charge is 2.43. The molecule has 2 heterocycles. The minimum atomic E-state index is -1.43. The second-order valence-electron chi connectivity index (χ2n) is 6.46. The van der Waals surface area contributed by atoms with E-state index >= 15 is 0 Å². The Kier molecular flexibility index (Phi) is 7.95. The van der Waals surface area contributed by atoms with Crippen molar-refractivity contribution in [3.8, 4) is 0 Å². The van der Waals surface area contributed by atoms with Crippen LogP contribution in [0.5, 0.6) is 0 Å². The summed E-state index contributed by atoms with van der Waals surface area (Å²) in [5.41, 5.74) is 0. The Bertz CT molecular complexity index is 395. The summed E-state index contributed by atoms with van der Waals surface area (Å²) in [4.78, 5) is 0. The first-order chi connectivity index (χ1) is 11.9. The topological polar surface area (TPSA) is 169 Å². The van der Waals surface area contributed by atoms with Crippen LogP contribution in [0.1, 0.15) is 12.8 Å². The third-order valence-corrected chi connectivity index (χ3v) is 4.69. The molecule has 0 aromatic rings. The van der Waals surface area contributed by atoms with E-state index in [-0.39, 0.29) is 19.8 Å². The van der Waals surface area contributed by atoms with Gasteiger partial charge in [0.05, 0.1) is 25.9 Å². The molecular weight excluding hydrogens is 340 g/mol. The summed E-state index contributed by atoms with van der Waals surface area (Å²) >= 11 is 0. The molecular formula is C15H28O10. The lowest BCUT2D eigenvalue weighted by Gasteiger charge is -2.39. The van der Waals surface area contributed by atoms with Crippen LogP contribution < -0.4 is 0 Å². The van der Waals surface area contributed by atoms with Crippen molar-refractivity contribution in [2.45, 2.75) is 67.8 Å². The van der Waals surface area contributed by atoms with E-state index in [2.05, 4.69) is 0 Å². The lowest BCUT2D eigenvalue weighted by molar-refractivity contribution is -0.239. The van der Waals surface area contributed by atoms with Gasteiger partial charge in [-0.1, -0.05) is 0 Å². The lowest BCUT2D eigenvalue weighted by atomic mass is 9.95. The third kappa shape index (κ3) is 4.86. The predicted molar refractivity (Wildman–Crippen MR) is 81.6 cm³/mol. The average Bonchev–Trinajstić information content (AvgIpc) is 2.89. The molecule has 2 saturated heterocycles. The van der Waals surface area contributed by atoms with E-state index in [1.165, 1.54) is 0 Å². The molecule has 7 N–H and O–H groups in total. The SMILES string of the molecule is OCC1O[C@H](COCCC[C@H]2O[C@H](CO)[C@H](O)C2O)C(O)[C@H](O)[C@@H]1O. The number of ether oxygens (including phenoxy) is 3. The number of aliphatic hydroxyl groups excluding tert-OH is 7. The first-order valence-electron chi connectivity index (χ1n) is 8.41. The fourth-order valence-corrected chi connectivity index (χ4v) is 3.12. The van der Waals surface area contributed by atoms with Crippen LogP contribution in [0.25, 0.3) is 0 Å². The van der Waals surface area contributed by atoms with E-state index in [4.69, 9.17) is 24.4 Å². The number of hydrogen-bond acceptors (Lipinski definition) is 10. The smallest absolute Gasteiger partial charge is 0.111 e. The number of aliphatic hydroxyl groups is 7. The van der Waals surface area contributed by atoms with E-state index in [1.807, 2.05) is 0 Å². The van der Waals surface area contributed by atoms with Crippen molar-refractivity contribution in [3.63, 3.8) is 0 Å². The molecule has 0 saturated carbocycles. The van der Waals surface area contributed by atoms with Gasteiger partial charge < -0.3 is 50.0 Å². The molecule has 0 amide bonds. The van der Waals surface area contributed by atoms with E-state index < -0.39 is 61.5 Å². The highest BCUT2D eigenvalue weighted by molar-refractivity contribution is 4.92. The molecule has 0 radical (unpaired) electrons.